The summed E-state index contributed by atoms with van der Waals surface area (Å²) in [6, 6.07) is 2.09. The minimum absolute atomic E-state index is 0.152. The Hall–Kier alpha value is -0.960. The molecule has 30 heavy (non-hydrogen) atoms. The number of nitrogens with two attached hydrogens (primary N) is 1. The van der Waals surface area contributed by atoms with Crippen molar-refractivity contribution in [1.82, 2.24) is 0 Å². The number of alkyl halides is 3. The van der Waals surface area contributed by atoms with Gasteiger partial charge in [0.15, 0.2) is 0 Å². The predicted octanol–water partition coefficient (Wildman–Crippen LogP) is 4.18. The predicted molar refractivity (Wildman–Crippen MR) is 108 cm³/mol. The molecule has 1 atom stereocenters. The number of ether oxygens (including phenoxy) is 1. The van der Waals surface area contributed by atoms with Crippen molar-refractivity contribution in [3.8, 4) is 0 Å². The van der Waals surface area contributed by atoms with Crippen LogP contribution in [0.5, 0.6) is 0 Å². The summed E-state index contributed by atoms with van der Waals surface area (Å²) in [5.41, 5.74) is 5.49. The molecule has 0 unspecified atom stereocenters. The first-order valence-corrected chi connectivity index (χ1v) is 10.5. The van der Waals surface area contributed by atoms with Gasteiger partial charge in [0.2, 0.25) is 0 Å². The minimum Gasteiger partial charge on any atom is -0.385 e. The van der Waals surface area contributed by atoms with Crippen molar-refractivity contribution in [2.75, 3.05) is 21.3 Å². The Balaban J connectivity index is 3.23. The van der Waals surface area contributed by atoms with E-state index < -0.39 is 29.6 Å². The fraction of sp³-hybridized carbons (Fsp3) is 0.529. The number of hydrogen-bond acceptors (Lipinski definition) is 10. The average Bonchev–Trinajstić information content (AvgIpc) is 2.63. The summed E-state index contributed by atoms with van der Waals surface area (Å²) in [7, 11) is 4.47. The molecule has 0 amide bonds. The largest absolute Gasteiger partial charge is 0.491 e. The molecule has 0 aliphatic carbocycles. The molecule has 7 nitrogen and oxygen atoms in total. The van der Waals surface area contributed by atoms with Gasteiger partial charge in [0.1, 0.15) is 6.04 Å². The molecule has 170 valence electrons. The van der Waals surface area contributed by atoms with Crippen molar-refractivity contribution in [1.29, 1.82) is 0 Å². The van der Waals surface area contributed by atoms with Gasteiger partial charge in [-0.3, -0.25) is 0 Å². The lowest BCUT2D eigenvalue weighted by Crippen LogP contribution is -2.48. The fourth-order valence-corrected chi connectivity index (χ4v) is 4.35. The summed E-state index contributed by atoms with van der Waals surface area (Å²) in [4.78, 5) is 25.1. The van der Waals surface area contributed by atoms with Gasteiger partial charge in [0, 0.05) is 50.8 Å². The van der Waals surface area contributed by atoms with Crippen molar-refractivity contribution in [3.05, 3.63) is 17.7 Å². The van der Waals surface area contributed by atoms with Crippen molar-refractivity contribution < 1.29 is 40.0 Å². The van der Waals surface area contributed by atoms with E-state index in [1.165, 1.54) is 21.3 Å². The van der Waals surface area contributed by atoms with Crippen molar-refractivity contribution in [2.45, 2.75) is 47.2 Å². The topological polar surface area (TPSA) is 97.1 Å². The lowest BCUT2D eigenvalue weighted by Gasteiger charge is -2.31. The van der Waals surface area contributed by atoms with E-state index in [1.54, 1.807) is 26.0 Å². The molecule has 1 aromatic carbocycles. The molecule has 0 spiro atoms. The second-order valence-electron chi connectivity index (χ2n) is 6.50. The van der Waals surface area contributed by atoms with Crippen LogP contribution >= 0.6 is 36.1 Å². The molecular formula is C17H22F3NO6S3. The maximum Gasteiger partial charge on any atom is 0.491 e. The molecule has 0 bridgehead atoms. The Labute approximate surface area is 185 Å². The third-order valence-corrected chi connectivity index (χ3v) is 5.84. The summed E-state index contributed by atoms with van der Waals surface area (Å²) in [5.74, 6) is -4.07. The van der Waals surface area contributed by atoms with Crippen LogP contribution in [-0.2, 0) is 33.3 Å². The first kappa shape index (κ1) is 27.1. The van der Waals surface area contributed by atoms with Gasteiger partial charge in [0.25, 0.3) is 0 Å². The van der Waals surface area contributed by atoms with Crippen LogP contribution in [0.4, 0.5) is 13.2 Å². The standard InChI is InChI=1S/C17H22F3NO6S3/c1-16(2,13(21)14(22)27-15(23)17(18,19)20)8-10-11(29-25-4)6-9(28-24-3)7-12(10)30-26-5/h6-7,13H,8,21H2,1-5H3/t13-/m0/s1. The maximum atomic E-state index is 12.4. The highest BCUT2D eigenvalue weighted by molar-refractivity contribution is 7.96. The van der Waals surface area contributed by atoms with E-state index in [0.29, 0.717) is 15.4 Å². The molecule has 0 heterocycles. The van der Waals surface area contributed by atoms with Gasteiger partial charge < -0.3 is 23.0 Å². The van der Waals surface area contributed by atoms with Crippen LogP contribution in [0.1, 0.15) is 19.4 Å². The van der Waals surface area contributed by atoms with Crippen molar-refractivity contribution in [3.63, 3.8) is 0 Å². The zero-order valence-electron chi connectivity index (χ0n) is 16.8. The van der Waals surface area contributed by atoms with Crippen LogP contribution in [-0.4, -0.2) is 45.5 Å². The van der Waals surface area contributed by atoms with Gasteiger partial charge in [-0.2, -0.15) is 13.2 Å². The minimum atomic E-state index is -5.29. The second kappa shape index (κ2) is 11.6. The summed E-state index contributed by atoms with van der Waals surface area (Å²) in [6.45, 7) is 3.16. The molecule has 1 rings (SSSR count). The van der Waals surface area contributed by atoms with Gasteiger partial charge >= 0.3 is 18.1 Å². The molecule has 0 radical (unpaired) electrons. The number of hydrogen-bond donors (Lipinski definition) is 1. The molecule has 1 aromatic rings. The van der Waals surface area contributed by atoms with Crippen LogP contribution < -0.4 is 5.73 Å². The molecule has 0 aliphatic rings. The Bertz CT molecular complexity index is 734. The quantitative estimate of drug-likeness (QED) is 0.293. The van der Waals surface area contributed by atoms with Crippen LogP contribution in [0.2, 0.25) is 0 Å². The zero-order valence-corrected chi connectivity index (χ0v) is 19.3. The number of benzene rings is 1. The third kappa shape index (κ3) is 7.62. The van der Waals surface area contributed by atoms with E-state index in [-0.39, 0.29) is 6.42 Å². The first-order valence-electron chi connectivity index (χ1n) is 8.24. The summed E-state index contributed by atoms with van der Waals surface area (Å²) < 4.78 is 56.5. The van der Waals surface area contributed by atoms with Gasteiger partial charge in [-0.05, 0) is 29.5 Å². The Morgan fingerprint density at radius 2 is 1.47 bits per heavy atom. The van der Waals surface area contributed by atoms with E-state index in [1.807, 2.05) is 0 Å². The fourth-order valence-electron chi connectivity index (χ4n) is 2.34. The number of rotatable bonds is 10. The van der Waals surface area contributed by atoms with E-state index in [0.717, 1.165) is 41.0 Å². The normalized spacial score (nSPS) is 13.2. The molecule has 0 fully saturated rings. The van der Waals surface area contributed by atoms with Gasteiger partial charge in [-0.15, -0.1) is 0 Å². The summed E-state index contributed by atoms with van der Waals surface area (Å²) in [6.07, 6.45) is -5.14. The SMILES string of the molecule is COSc1cc(SOC)c(CC(C)(C)[C@@H](N)C(=O)OC(=O)C(F)(F)F)c(SOC)c1. The van der Waals surface area contributed by atoms with E-state index in [2.05, 4.69) is 4.74 Å². The first-order chi connectivity index (χ1) is 13.9. The van der Waals surface area contributed by atoms with E-state index >= 15 is 0 Å². The Morgan fingerprint density at radius 3 is 1.87 bits per heavy atom. The number of carbonyl (C=O) groups excluding carboxylic acids is 2. The highest BCUT2D eigenvalue weighted by atomic mass is 32.2. The lowest BCUT2D eigenvalue weighted by atomic mass is 9.79. The van der Waals surface area contributed by atoms with E-state index in [4.69, 9.17) is 18.3 Å². The molecule has 0 aliphatic heterocycles. The molecule has 2 N–H and O–H groups in total. The molecule has 0 saturated heterocycles. The smallest absolute Gasteiger partial charge is 0.385 e. The molecular weight excluding hydrogens is 467 g/mol. The molecule has 13 heteroatoms. The monoisotopic (exact) mass is 489 g/mol. The number of carbonyl (C=O) groups is 2. The third-order valence-electron chi connectivity index (χ3n) is 3.82. The van der Waals surface area contributed by atoms with Gasteiger partial charge in [-0.1, -0.05) is 13.8 Å². The van der Waals surface area contributed by atoms with Crippen LogP contribution in [0.15, 0.2) is 26.8 Å². The average molecular weight is 490 g/mol. The van der Waals surface area contributed by atoms with Crippen LogP contribution in [0.3, 0.4) is 0 Å². The van der Waals surface area contributed by atoms with Gasteiger partial charge in [-0.25, -0.2) is 9.59 Å². The van der Waals surface area contributed by atoms with Crippen LogP contribution in [0, 0.1) is 5.41 Å². The summed E-state index contributed by atoms with van der Waals surface area (Å²) in [5, 5.41) is 0. The second-order valence-corrected chi connectivity index (χ2v) is 9.35. The number of esters is 2. The molecule has 0 aromatic heterocycles. The van der Waals surface area contributed by atoms with Crippen LogP contribution in [0.25, 0.3) is 0 Å². The Morgan fingerprint density at radius 1 is 1.00 bits per heavy atom. The zero-order chi connectivity index (χ0) is 23.1. The van der Waals surface area contributed by atoms with E-state index in [9.17, 15) is 22.8 Å². The molecule has 0 saturated carbocycles. The highest BCUT2D eigenvalue weighted by Gasteiger charge is 2.45. The number of halogens is 3. The Kier molecular flexibility index (Phi) is 10.5. The maximum absolute atomic E-state index is 12.4. The van der Waals surface area contributed by atoms with Gasteiger partial charge in [0.05, 0.1) is 21.3 Å². The van der Waals surface area contributed by atoms with Crippen molar-refractivity contribution >= 4 is 48.1 Å². The summed E-state index contributed by atoms with van der Waals surface area (Å²) >= 11 is 3.24. The highest BCUT2D eigenvalue weighted by Crippen LogP contribution is 2.40. The van der Waals surface area contributed by atoms with Crippen molar-refractivity contribution in [2.24, 2.45) is 11.1 Å². The lowest BCUT2D eigenvalue weighted by molar-refractivity contribution is -0.202.